The second kappa shape index (κ2) is 11.1. The lowest BCUT2D eigenvalue weighted by molar-refractivity contribution is -0.137. The molecule has 6 N–H and O–H groups in total. The van der Waals surface area contributed by atoms with E-state index >= 15 is 0 Å². The second-order valence-corrected chi connectivity index (χ2v) is 10.2. The summed E-state index contributed by atoms with van der Waals surface area (Å²) in [6.45, 7) is 0.216. The molecule has 0 aliphatic carbocycles. The summed E-state index contributed by atoms with van der Waals surface area (Å²) in [6.07, 6.45) is 0.285. The molecule has 1 fully saturated rings. The van der Waals surface area contributed by atoms with Crippen LogP contribution in [0.2, 0.25) is 5.02 Å². The van der Waals surface area contributed by atoms with E-state index in [1.807, 2.05) is 0 Å². The van der Waals surface area contributed by atoms with E-state index in [-0.39, 0.29) is 37.2 Å². The Morgan fingerprint density at radius 1 is 1.12 bits per heavy atom. The molecule has 0 unspecified atom stereocenters. The number of sulfonamides is 1. The summed E-state index contributed by atoms with van der Waals surface area (Å²) in [4.78, 5) is 26.9. The maximum absolute atomic E-state index is 12.8. The lowest BCUT2D eigenvalue weighted by Gasteiger charge is -2.24. The third-order valence-electron chi connectivity index (χ3n) is 5.44. The molecular weight excluding hydrogens is 466 g/mol. The van der Waals surface area contributed by atoms with Crippen molar-refractivity contribution in [3.05, 3.63) is 70.2 Å². The molecule has 3 rings (SSSR count). The molecule has 2 aromatic rings. The minimum absolute atomic E-state index is 0.169. The number of nitrogens with one attached hydrogen (secondary N) is 2. The number of hydrogen-bond acceptors (Lipinski definition) is 6. The second-order valence-electron chi connectivity index (χ2n) is 7.96. The first-order valence-electron chi connectivity index (χ1n) is 10.5. The minimum Gasteiger partial charge on any atom is -0.350 e. The molecule has 11 heteroatoms. The zero-order valence-electron chi connectivity index (χ0n) is 18.0. The number of benzene rings is 2. The SMILES string of the molecule is NCc1ccc(Cl)cc1CNC(=O)[C@@H]1C[C@@H](N)CN1C(=O)CNS(=O)(=O)Cc1ccccc1. The molecule has 0 bridgehead atoms. The highest BCUT2D eigenvalue weighted by Crippen LogP contribution is 2.19. The zero-order chi connectivity index (χ0) is 24.0. The number of rotatable bonds is 9. The monoisotopic (exact) mass is 493 g/mol. The first kappa shape index (κ1) is 25.1. The highest BCUT2D eigenvalue weighted by molar-refractivity contribution is 7.88. The van der Waals surface area contributed by atoms with Crippen molar-refractivity contribution >= 4 is 33.4 Å². The van der Waals surface area contributed by atoms with Crippen LogP contribution < -0.4 is 21.5 Å². The van der Waals surface area contributed by atoms with Crippen LogP contribution in [0, 0.1) is 0 Å². The van der Waals surface area contributed by atoms with E-state index in [0.717, 1.165) is 11.1 Å². The molecule has 2 atom stereocenters. The summed E-state index contributed by atoms with van der Waals surface area (Å²) in [6, 6.07) is 12.7. The average Bonchev–Trinajstić information content (AvgIpc) is 3.18. The van der Waals surface area contributed by atoms with Crippen LogP contribution in [0.5, 0.6) is 0 Å². The molecule has 0 saturated carbocycles. The molecule has 1 heterocycles. The average molecular weight is 494 g/mol. The Kier molecular flexibility index (Phi) is 8.44. The molecule has 1 saturated heterocycles. The Morgan fingerprint density at radius 3 is 2.55 bits per heavy atom. The Balaban J connectivity index is 1.59. The lowest BCUT2D eigenvalue weighted by atomic mass is 10.1. The molecule has 0 radical (unpaired) electrons. The van der Waals surface area contributed by atoms with Crippen molar-refractivity contribution < 1.29 is 18.0 Å². The highest BCUT2D eigenvalue weighted by Gasteiger charge is 2.38. The molecule has 1 aliphatic rings. The van der Waals surface area contributed by atoms with Crippen molar-refractivity contribution in [3.8, 4) is 0 Å². The van der Waals surface area contributed by atoms with Gasteiger partial charge in [0.15, 0.2) is 0 Å². The topological polar surface area (TPSA) is 148 Å². The van der Waals surface area contributed by atoms with Gasteiger partial charge in [0.05, 0.1) is 12.3 Å². The molecule has 9 nitrogen and oxygen atoms in total. The fourth-order valence-electron chi connectivity index (χ4n) is 3.77. The molecule has 0 spiro atoms. The normalized spacial score (nSPS) is 18.3. The fraction of sp³-hybridized carbons (Fsp3) is 0.364. The maximum Gasteiger partial charge on any atom is 0.243 e. The van der Waals surface area contributed by atoms with Crippen LogP contribution in [0.25, 0.3) is 0 Å². The number of halogens is 1. The molecular formula is C22H28ClN5O4S. The van der Waals surface area contributed by atoms with Gasteiger partial charge in [0.1, 0.15) is 6.04 Å². The van der Waals surface area contributed by atoms with E-state index in [2.05, 4.69) is 10.0 Å². The number of carbonyl (C=O) groups excluding carboxylic acids is 2. The van der Waals surface area contributed by atoms with Gasteiger partial charge in [0.2, 0.25) is 21.8 Å². The summed E-state index contributed by atoms with van der Waals surface area (Å²) in [5, 5.41) is 3.34. The third-order valence-corrected chi connectivity index (χ3v) is 6.97. The smallest absolute Gasteiger partial charge is 0.243 e. The fourth-order valence-corrected chi connectivity index (χ4v) is 5.04. The van der Waals surface area contributed by atoms with Crippen molar-refractivity contribution in [3.63, 3.8) is 0 Å². The first-order valence-corrected chi connectivity index (χ1v) is 12.5. The molecule has 178 valence electrons. The maximum atomic E-state index is 12.8. The van der Waals surface area contributed by atoms with Gasteiger partial charge in [-0.2, -0.15) is 0 Å². The van der Waals surface area contributed by atoms with E-state index in [1.54, 1.807) is 48.5 Å². The van der Waals surface area contributed by atoms with Gasteiger partial charge >= 0.3 is 0 Å². The molecule has 2 amide bonds. The van der Waals surface area contributed by atoms with E-state index < -0.39 is 28.5 Å². The molecule has 0 aromatic heterocycles. The van der Waals surface area contributed by atoms with Crippen molar-refractivity contribution in [2.24, 2.45) is 11.5 Å². The van der Waals surface area contributed by atoms with Crippen LogP contribution in [-0.2, 0) is 38.5 Å². The van der Waals surface area contributed by atoms with E-state index in [0.29, 0.717) is 17.1 Å². The van der Waals surface area contributed by atoms with Crippen LogP contribution in [0.3, 0.4) is 0 Å². The van der Waals surface area contributed by atoms with Crippen molar-refractivity contribution in [1.29, 1.82) is 0 Å². The zero-order valence-corrected chi connectivity index (χ0v) is 19.6. The van der Waals surface area contributed by atoms with Crippen molar-refractivity contribution in [2.45, 2.75) is 37.3 Å². The van der Waals surface area contributed by atoms with Gasteiger partial charge in [0, 0.05) is 30.7 Å². The Labute approximate surface area is 198 Å². The number of carbonyl (C=O) groups is 2. The Bertz CT molecular complexity index is 1100. The summed E-state index contributed by atoms with van der Waals surface area (Å²) < 4.78 is 27.0. The van der Waals surface area contributed by atoms with Gasteiger partial charge in [-0.3, -0.25) is 9.59 Å². The summed E-state index contributed by atoms with van der Waals surface area (Å²) in [5.41, 5.74) is 14.0. The van der Waals surface area contributed by atoms with Crippen LogP contribution in [0.15, 0.2) is 48.5 Å². The summed E-state index contributed by atoms with van der Waals surface area (Å²) in [5.74, 6) is -1.12. The molecule has 1 aliphatic heterocycles. The van der Waals surface area contributed by atoms with Crippen LogP contribution in [0.1, 0.15) is 23.1 Å². The Morgan fingerprint density at radius 2 is 1.85 bits per heavy atom. The number of hydrogen-bond donors (Lipinski definition) is 4. The quantitative estimate of drug-likeness (QED) is 0.399. The lowest BCUT2D eigenvalue weighted by Crippen LogP contribution is -2.49. The van der Waals surface area contributed by atoms with Gasteiger partial charge in [-0.1, -0.05) is 48.0 Å². The summed E-state index contributed by atoms with van der Waals surface area (Å²) >= 11 is 6.04. The third kappa shape index (κ3) is 6.99. The highest BCUT2D eigenvalue weighted by atomic mass is 35.5. The molecule has 33 heavy (non-hydrogen) atoms. The van der Waals surface area contributed by atoms with E-state index in [9.17, 15) is 18.0 Å². The van der Waals surface area contributed by atoms with Gasteiger partial charge in [-0.15, -0.1) is 0 Å². The van der Waals surface area contributed by atoms with Gasteiger partial charge in [-0.05, 0) is 35.2 Å². The summed E-state index contributed by atoms with van der Waals surface area (Å²) in [7, 11) is -3.72. The van der Waals surface area contributed by atoms with E-state index in [4.69, 9.17) is 23.1 Å². The van der Waals surface area contributed by atoms with Gasteiger partial charge < -0.3 is 21.7 Å². The predicted molar refractivity (Wildman–Crippen MR) is 126 cm³/mol. The number of likely N-dealkylation sites (tertiary alicyclic amines) is 1. The van der Waals surface area contributed by atoms with E-state index in [1.165, 1.54) is 4.90 Å². The largest absolute Gasteiger partial charge is 0.350 e. The predicted octanol–water partition coefficient (Wildman–Crippen LogP) is 0.463. The molecule has 2 aromatic carbocycles. The number of nitrogens with zero attached hydrogens (tertiary/aromatic N) is 1. The number of amides is 2. The van der Waals surface area contributed by atoms with Crippen LogP contribution in [-0.4, -0.2) is 50.3 Å². The standard InChI is InChI=1S/C22H28ClN5O4S/c23-18-7-6-16(10-24)17(8-18)11-26-22(30)20-9-19(25)13-28(20)21(29)12-27-33(31,32)14-15-4-2-1-3-5-15/h1-8,19-20,27H,9-14,24-25H2,(H,26,30)/t19-,20+/m1/s1. The minimum atomic E-state index is -3.72. The van der Waals surface area contributed by atoms with Crippen molar-refractivity contribution in [1.82, 2.24) is 14.9 Å². The van der Waals surface area contributed by atoms with Crippen LogP contribution in [0.4, 0.5) is 0 Å². The van der Waals surface area contributed by atoms with Crippen LogP contribution >= 0.6 is 11.6 Å². The van der Waals surface area contributed by atoms with Gasteiger partial charge in [-0.25, -0.2) is 13.1 Å². The number of nitrogens with two attached hydrogens (primary N) is 2. The first-order chi connectivity index (χ1) is 15.7. The Hall–Kier alpha value is -2.50. The van der Waals surface area contributed by atoms with Crippen molar-refractivity contribution in [2.75, 3.05) is 13.1 Å². The van der Waals surface area contributed by atoms with Gasteiger partial charge in [0.25, 0.3) is 0 Å².